The van der Waals surface area contributed by atoms with Gasteiger partial charge in [-0.05, 0) is 18.2 Å². The van der Waals surface area contributed by atoms with Crippen molar-refractivity contribution >= 4 is 16.7 Å². The summed E-state index contributed by atoms with van der Waals surface area (Å²) < 4.78 is 0. The second kappa shape index (κ2) is 5.56. The van der Waals surface area contributed by atoms with Crippen molar-refractivity contribution < 1.29 is 5.11 Å². The molecule has 0 amide bonds. The molecule has 5 nitrogen and oxygen atoms in total. The molecule has 0 aliphatic carbocycles. The lowest BCUT2D eigenvalue weighted by Crippen LogP contribution is -2.50. The highest BCUT2D eigenvalue weighted by molar-refractivity contribution is 5.89. The van der Waals surface area contributed by atoms with Gasteiger partial charge in [0.15, 0.2) is 0 Å². The van der Waals surface area contributed by atoms with Crippen LogP contribution in [0.25, 0.3) is 10.9 Å². The fraction of sp³-hybridized carbons (Fsp3) is 0.333. The summed E-state index contributed by atoms with van der Waals surface area (Å²) >= 11 is 0. The first-order chi connectivity index (χ1) is 9.79. The molecule has 1 N–H and O–H groups in total. The summed E-state index contributed by atoms with van der Waals surface area (Å²) in [6, 6.07) is 8.04. The maximum atomic E-state index is 9.78. The molecular weight excluding hydrogens is 252 g/mol. The number of fused-ring (bicyclic) bond motifs is 1. The topological polar surface area (TPSA) is 52.5 Å². The first kappa shape index (κ1) is 13.0. The van der Waals surface area contributed by atoms with Gasteiger partial charge in [-0.25, -0.2) is 9.97 Å². The molecule has 2 heterocycles. The van der Waals surface area contributed by atoms with Crippen molar-refractivity contribution in [3.8, 4) is 0 Å². The molecule has 1 aromatic carbocycles. The lowest BCUT2D eigenvalue weighted by atomic mass is 10.2. The van der Waals surface area contributed by atoms with Crippen LogP contribution in [0.4, 0.5) is 5.82 Å². The summed E-state index contributed by atoms with van der Waals surface area (Å²) in [6.45, 7) is 6.90. The highest BCUT2D eigenvalue weighted by Gasteiger charge is 2.22. The normalized spacial score (nSPS) is 18.1. The van der Waals surface area contributed by atoms with E-state index in [0.29, 0.717) is 0 Å². The van der Waals surface area contributed by atoms with E-state index in [9.17, 15) is 5.11 Å². The minimum absolute atomic E-state index is 0.556. The molecule has 20 heavy (non-hydrogen) atoms. The SMILES string of the molecule is C=CC(O)N1CCN(c2ncnc3ccccc23)CC1. The van der Waals surface area contributed by atoms with Gasteiger partial charge < -0.3 is 10.0 Å². The second-order valence-electron chi connectivity index (χ2n) is 4.89. The smallest absolute Gasteiger partial charge is 0.139 e. The monoisotopic (exact) mass is 270 g/mol. The Hall–Kier alpha value is -1.98. The number of benzene rings is 1. The van der Waals surface area contributed by atoms with E-state index in [2.05, 4.69) is 27.5 Å². The van der Waals surface area contributed by atoms with Crippen molar-refractivity contribution in [1.82, 2.24) is 14.9 Å². The first-order valence-electron chi connectivity index (χ1n) is 6.79. The number of piperazine rings is 1. The van der Waals surface area contributed by atoms with E-state index in [-0.39, 0.29) is 0 Å². The summed E-state index contributed by atoms with van der Waals surface area (Å²) in [6.07, 6.45) is 2.62. The third kappa shape index (κ3) is 2.37. The van der Waals surface area contributed by atoms with E-state index in [4.69, 9.17) is 0 Å². The number of hydrogen-bond donors (Lipinski definition) is 1. The molecule has 5 heteroatoms. The number of hydrogen-bond acceptors (Lipinski definition) is 5. The van der Waals surface area contributed by atoms with E-state index in [1.165, 1.54) is 0 Å². The van der Waals surface area contributed by atoms with E-state index in [1.807, 2.05) is 23.1 Å². The Morgan fingerprint density at radius 2 is 1.90 bits per heavy atom. The minimum atomic E-state index is -0.556. The molecule has 1 fully saturated rings. The van der Waals surface area contributed by atoms with Crippen LogP contribution in [0, 0.1) is 0 Å². The number of anilines is 1. The van der Waals surface area contributed by atoms with Crippen molar-refractivity contribution in [2.24, 2.45) is 0 Å². The number of nitrogens with zero attached hydrogens (tertiary/aromatic N) is 4. The van der Waals surface area contributed by atoms with Gasteiger partial charge in [-0.3, -0.25) is 4.90 Å². The lowest BCUT2D eigenvalue weighted by molar-refractivity contribution is 0.0380. The molecular formula is C15H18N4O. The molecule has 2 aromatic rings. The second-order valence-corrected chi connectivity index (χ2v) is 4.89. The standard InChI is InChI=1S/C15H18N4O/c1-2-14(20)18-7-9-19(10-8-18)15-12-5-3-4-6-13(12)16-11-17-15/h2-6,11,14,20H,1,7-10H2. The van der Waals surface area contributed by atoms with Gasteiger partial charge in [0.05, 0.1) is 5.52 Å². The Kier molecular flexibility index (Phi) is 3.62. The molecule has 0 bridgehead atoms. The molecule has 1 aliphatic rings. The number of aromatic nitrogens is 2. The Labute approximate surface area is 118 Å². The Morgan fingerprint density at radius 1 is 1.15 bits per heavy atom. The van der Waals surface area contributed by atoms with Gasteiger partial charge in [0.1, 0.15) is 18.4 Å². The Morgan fingerprint density at radius 3 is 2.65 bits per heavy atom. The lowest BCUT2D eigenvalue weighted by Gasteiger charge is -2.37. The van der Waals surface area contributed by atoms with Crippen molar-refractivity contribution in [3.05, 3.63) is 43.2 Å². The van der Waals surface area contributed by atoms with Gasteiger partial charge in [-0.1, -0.05) is 18.7 Å². The zero-order valence-corrected chi connectivity index (χ0v) is 11.3. The molecule has 3 rings (SSSR count). The minimum Gasteiger partial charge on any atom is -0.375 e. The predicted octanol–water partition coefficient (Wildman–Crippen LogP) is 1.26. The molecule has 1 unspecified atom stereocenters. The highest BCUT2D eigenvalue weighted by atomic mass is 16.3. The van der Waals surface area contributed by atoms with Gasteiger partial charge in [-0.15, -0.1) is 0 Å². The van der Waals surface area contributed by atoms with Crippen molar-refractivity contribution in [3.63, 3.8) is 0 Å². The van der Waals surface area contributed by atoms with E-state index >= 15 is 0 Å². The summed E-state index contributed by atoms with van der Waals surface area (Å²) in [5, 5.41) is 10.9. The van der Waals surface area contributed by atoms with Crippen LogP contribution < -0.4 is 4.90 Å². The van der Waals surface area contributed by atoms with Crippen LogP contribution in [0.3, 0.4) is 0 Å². The number of aliphatic hydroxyl groups excluding tert-OH is 1. The molecule has 1 aromatic heterocycles. The Bertz CT molecular complexity index is 602. The highest BCUT2D eigenvalue weighted by Crippen LogP contribution is 2.23. The summed E-state index contributed by atoms with van der Waals surface area (Å²) in [5.41, 5.74) is 0.964. The van der Waals surface area contributed by atoms with Crippen LogP contribution in [0.15, 0.2) is 43.2 Å². The van der Waals surface area contributed by atoms with Crippen LogP contribution >= 0.6 is 0 Å². The van der Waals surface area contributed by atoms with Gasteiger partial charge in [0.25, 0.3) is 0 Å². The first-order valence-corrected chi connectivity index (χ1v) is 6.79. The quantitative estimate of drug-likeness (QED) is 0.851. The fourth-order valence-corrected chi connectivity index (χ4v) is 2.59. The predicted molar refractivity (Wildman–Crippen MR) is 79.5 cm³/mol. The van der Waals surface area contributed by atoms with E-state index < -0.39 is 6.23 Å². The number of para-hydroxylation sites is 1. The van der Waals surface area contributed by atoms with Crippen molar-refractivity contribution in [2.45, 2.75) is 6.23 Å². The van der Waals surface area contributed by atoms with Crippen LogP contribution in [0.5, 0.6) is 0 Å². The van der Waals surface area contributed by atoms with Crippen LogP contribution in [-0.4, -0.2) is 52.4 Å². The molecule has 1 atom stereocenters. The van der Waals surface area contributed by atoms with Gasteiger partial charge >= 0.3 is 0 Å². The van der Waals surface area contributed by atoms with Crippen LogP contribution in [-0.2, 0) is 0 Å². The van der Waals surface area contributed by atoms with Gasteiger partial charge in [-0.2, -0.15) is 0 Å². The number of rotatable bonds is 3. The van der Waals surface area contributed by atoms with Crippen LogP contribution in [0.1, 0.15) is 0 Å². The largest absolute Gasteiger partial charge is 0.375 e. The maximum Gasteiger partial charge on any atom is 0.139 e. The Balaban J connectivity index is 1.82. The third-order valence-corrected chi connectivity index (χ3v) is 3.72. The average Bonchev–Trinajstić information content (AvgIpc) is 2.54. The molecule has 0 spiro atoms. The maximum absolute atomic E-state index is 9.78. The summed E-state index contributed by atoms with van der Waals surface area (Å²) in [7, 11) is 0. The van der Waals surface area contributed by atoms with E-state index in [0.717, 1.165) is 42.9 Å². The molecule has 104 valence electrons. The molecule has 1 aliphatic heterocycles. The zero-order valence-electron chi connectivity index (χ0n) is 11.3. The van der Waals surface area contributed by atoms with Crippen LogP contribution in [0.2, 0.25) is 0 Å². The molecule has 0 radical (unpaired) electrons. The van der Waals surface area contributed by atoms with Crippen molar-refractivity contribution in [1.29, 1.82) is 0 Å². The van der Waals surface area contributed by atoms with Gasteiger partial charge in [0, 0.05) is 31.6 Å². The summed E-state index contributed by atoms with van der Waals surface area (Å²) in [5.74, 6) is 0.975. The van der Waals surface area contributed by atoms with E-state index in [1.54, 1.807) is 12.4 Å². The fourth-order valence-electron chi connectivity index (χ4n) is 2.59. The number of aliphatic hydroxyl groups is 1. The molecule has 1 saturated heterocycles. The van der Waals surface area contributed by atoms with Gasteiger partial charge in [0.2, 0.25) is 0 Å². The zero-order chi connectivity index (χ0) is 13.9. The van der Waals surface area contributed by atoms with Crippen molar-refractivity contribution in [2.75, 3.05) is 31.1 Å². The summed E-state index contributed by atoms with van der Waals surface area (Å²) in [4.78, 5) is 13.0. The average molecular weight is 270 g/mol. The molecule has 0 saturated carbocycles. The third-order valence-electron chi connectivity index (χ3n) is 3.72.